The lowest BCUT2D eigenvalue weighted by Gasteiger charge is -2.12. The van der Waals surface area contributed by atoms with E-state index in [1.165, 1.54) is 0 Å². The second-order valence-corrected chi connectivity index (χ2v) is 7.39. The predicted octanol–water partition coefficient (Wildman–Crippen LogP) is 5.52. The number of esters is 1. The fourth-order valence-electron chi connectivity index (χ4n) is 3.12. The third kappa shape index (κ3) is 4.00. The molecule has 1 aliphatic rings. The van der Waals surface area contributed by atoms with Gasteiger partial charge in [-0.3, -0.25) is 0 Å². The van der Waals surface area contributed by atoms with E-state index in [0.29, 0.717) is 22.6 Å². The van der Waals surface area contributed by atoms with Crippen molar-refractivity contribution < 1.29 is 19.0 Å². The van der Waals surface area contributed by atoms with Gasteiger partial charge in [0.1, 0.15) is 6.61 Å². The molecule has 0 saturated carbocycles. The molecule has 0 spiro atoms. The number of hydrogen-bond donors (Lipinski definition) is 0. The Balaban J connectivity index is 1.68. The number of hydrogen-bond acceptors (Lipinski definition) is 5. The number of nitrogens with zero attached hydrogens (tertiary/aromatic N) is 1. The topological polar surface area (TPSA) is 57.1 Å². The van der Waals surface area contributed by atoms with Crippen LogP contribution in [0.1, 0.15) is 11.1 Å². The summed E-state index contributed by atoms with van der Waals surface area (Å²) in [4.78, 5) is 16.8. The molecule has 0 radical (unpaired) electrons. The van der Waals surface area contributed by atoms with E-state index < -0.39 is 5.97 Å². The Hall–Kier alpha value is -3.38. The van der Waals surface area contributed by atoms with Gasteiger partial charge in [0, 0.05) is 5.56 Å². The lowest BCUT2D eigenvalue weighted by Crippen LogP contribution is -2.05. The molecule has 30 heavy (non-hydrogen) atoms. The number of methoxy groups -OCH3 is 1. The number of aliphatic imine (C=N–C) groups is 1. The van der Waals surface area contributed by atoms with Crippen molar-refractivity contribution in [2.24, 2.45) is 4.99 Å². The molecule has 150 valence electrons. The van der Waals surface area contributed by atoms with Gasteiger partial charge in [-0.1, -0.05) is 43.0 Å². The molecule has 1 aliphatic heterocycles. The molecule has 0 aliphatic carbocycles. The highest BCUT2D eigenvalue weighted by molar-refractivity contribution is 9.10. The van der Waals surface area contributed by atoms with E-state index in [1.807, 2.05) is 48.5 Å². The largest absolute Gasteiger partial charge is 0.493 e. The van der Waals surface area contributed by atoms with Crippen molar-refractivity contribution >= 4 is 44.6 Å². The molecule has 3 aromatic rings. The zero-order chi connectivity index (χ0) is 21.1. The standard InChI is InChI=1S/C24H18BrNO4/c1-3-10-29-22-19(25)11-15(13-21(22)28-2)12-20-24(27)30-23(26-20)18-9-8-16-6-4-5-7-17(16)14-18/h3-9,11-14H,1,10H2,2H3/b20-12-. The average molecular weight is 464 g/mol. The number of carbonyl (C=O) groups is 1. The Morgan fingerprint density at radius 2 is 1.93 bits per heavy atom. The van der Waals surface area contributed by atoms with Crippen LogP contribution in [0.5, 0.6) is 11.5 Å². The van der Waals surface area contributed by atoms with Crippen LogP contribution in [0.4, 0.5) is 0 Å². The van der Waals surface area contributed by atoms with Gasteiger partial charge < -0.3 is 14.2 Å². The van der Waals surface area contributed by atoms with Gasteiger partial charge in [-0.25, -0.2) is 9.79 Å². The molecular formula is C24H18BrNO4. The summed E-state index contributed by atoms with van der Waals surface area (Å²) in [5.41, 5.74) is 1.68. The van der Waals surface area contributed by atoms with Crippen molar-refractivity contribution in [3.63, 3.8) is 0 Å². The quantitative estimate of drug-likeness (QED) is 0.274. The van der Waals surface area contributed by atoms with Gasteiger partial charge in [0.25, 0.3) is 0 Å². The van der Waals surface area contributed by atoms with Gasteiger partial charge in [-0.05, 0) is 62.6 Å². The summed E-state index contributed by atoms with van der Waals surface area (Å²) in [5.74, 6) is 0.881. The number of benzene rings is 3. The van der Waals surface area contributed by atoms with E-state index in [1.54, 1.807) is 25.3 Å². The van der Waals surface area contributed by atoms with Crippen LogP contribution < -0.4 is 9.47 Å². The van der Waals surface area contributed by atoms with Crippen molar-refractivity contribution in [2.45, 2.75) is 0 Å². The number of cyclic esters (lactones) is 1. The van der Waals surface area contributed by atoms with Crippen LogP contribution in [0, 0.1) is 0 Å². The lowest BCUT2D eigenvalue weighted by molar-refractivity contribution is -0.129. The summed E-state index contributed by atoms with van der Waals surface area (Å²) in [5, 5.41) is 2.16. The molecular weight excluding hydrogens is 446 g/mol. The Morgan fingerprint density at radius 1 is 1.13 bits per heavy atom. The van der Waals surface area contributed by atoms with Gasteiger partial charge in [-0.15, -0.1) is 0 Å². The van der Waals surface area contributed by atoms with Crippen LogP contribution in [-0.2, 0) is 9.53 Å². The molecule has 4 rings (SSSR count). The first-order valence-corrected chi connectivity index (χ1v) is 10.0. The van der Waals surface area contributed by atoms with E-state index in [4.69, 9.17) is 14.2 Å². The molecule has 6 heteroatoms. The van der Waals surface area contributed by atoms with E-state index in [-0.39, 0.29) is 11.6 Å². The van der Waals surface area contributed by atoms with Crippen LogP contribution >= 0.6 is 15.9 Å². The highest BCUT2D eigenvalue weighted by atomic mass is 79.9. The number of halogens is 1. The lowest BCUT2D eigenvalue weighted by atomic mass is 10.1. The fraction of sp³-hybridized carbons (Fsp3) is 0.0833. The Morgan fingerprint density at radius 3 is 2.70 bits per heavy atom. The molecule has 5 nitrogen and oxygen atoms in total. The number of rotatable bonds is 6. The minimum atomic E-state index is -0.500. The van der Waals surface area contributed by atoms with Gasteiger partial charge in [0.15, 0.2) is 17.2 Å². The van der Waals surface area contributed by atoms with E-state index >= 15 is 0 Å². The number of fused-ring (bicyclic) bond motifs is 1. The smallest absolute Gasteiger partial charge is 0.363 e. The summed E-state index contributed by atoms with van der Waals surface area (Å²) in [6.45, 7) is 4.00. The van der Waals surface area contributed by atoms with Crippen molar-refractivity contribution in [1.82, 2.24) is 0 Å². The maximum absolute atomic E-state index is 12.4. The average Bonchev–Trinajstić information content (AvgIpc) is 3.12. The first kappa shape index (κ1) is 19.9. The van der Waals surface area contributed by atoms with Crippen LogP contribution in [-0.4, -0.2) is 25.6 Å². The first-order chi connectivity index (χ1) is 14.6. The number of ether oxygens (including phenoxy) is 3. The SMILES string of the molecule is C=CCOc1c(Br)cc(/C=C2\N=C(c3ccc4ccccc4c3)OC2=O)cc1OC. The van der Waals surface area contributed by atoms with E-state index in [9.17, 15) is 4.79 Å². The first-order valence-electron chi connectivity index (χ1n) is 9.22. The van der Waals surface area contributed by atoms with E-state index in [2.05, 4.69) is 27.5 Å². The van der Waals surface area contributed by atoms with Gasteiger partial charge in [-0.2, -0.15) is 0 Å². The maximum Gasteiger partial charge on any atom is 0.363 e. The van der Waals surface area contributed by atoms with Crippen molar-refractivity contribution in [3.05, 3.63) is 88.5 Å². The minimum absolute atomic E-state index is 0.215. The number of carbonyl (C=O) groups excluding carboxylic acids is 1. The molecule has 0 atom stereocenters. The summed E-state index contributed by atoms with van der Waals surface area (Å²) < 4.78 is 17.2. The monoisotopic (exact) mass is 463 g/mol. The van der Waals surface area contributed by atoms with Crippen molar-refractivity contribution in [3.8, 4) is 11.5 Å². The van der Waals surface area contributed by atoms with Gasteiger partial charge >= 0.3 is 5.97 Å². The molecule has 0 amide bonds. The maximum atomic E-state index is 12.4. The zero-order valence-electron chi connectivity index (χ0n) is 16.2. The van der Waals surface area contributed by atoms with E-state index in [0.717, 1.165) is 21.9 Å². The molecule has 1 heterocycles. The molecule has 0 saturated heterocycles. The normalized spacial score (nSPS) is 14.5. The molecule has 0 N–H and O–H groups in total. The molecule has 0 unspecified atom stereocenters. The zero-order valence-corrected chi connectivity index (χ0v) is 17.8. The third-order valence-corrected chi connectivity index (χ3v) is 5.11. The van der Waals surface area contributed by atoms with Crippen molar-refractivity contribution in [1.29, 1.82) is 0 Å². The Labute approximate surface area is 182 Å². The molecule has 3 aromatic carbocycles. The van der Waals surface area contributed by atoms with Crippen LogP contribution in [0.15, 0.2) is 82.4 Å². The Bertz CT molecular complexity index is 1210. The Kier molecular flexibility index (Phi) is 5.68. The third-order valence-electron chi connectivity index (χ3n) is 4.52. The van der Waals surface area contributed by atoms with Crippen molar-refractivity contribution in [2.75, 3.05) is 13.7 Å². The van der Waals surface area contributed by atoms with Gasteiger partial charge in [0.05, 0.1) is 11.6 Å². The summed E-state index contributed by atoms with van der Waals surface area (Å²) in [7, 11) is 1.55. The minimum Gasteiger partial charge on any atom is -0.493 e. The molecule has 0 bridgehead atoms. The fourth-order valence-corrected chi connectivity index (χ4v) is 3.69. The van der Waals surface area contributed by atoms with Crippen LogP contribution in [0.25, 0.3) is 16.8 Å². The summed E-state index contributed by atoms with van der Waals surface area (Å²) >= 11 is 3.48. The van der Waals surface area contributed by atoms with Crippen LogP contribution in [0.2, 0.25) is 0 Å². The summed E-state index contributed by atoms with van der Waals surface area (Å²) in [6, 6.07) is 17.4. The second-order valence-electron chi connectivity index (χ2n) is 6.53. The van der Waals surface area contributed by atoms with Gasteiger partial charge in [0.2, 0.25) is 5.90 Å². The molecule has 0 fully saturated rings. The van der Waals surface area contributed by atoms with Crippen LogP contribution in [0.3, 0.4) is 0 Å². The highest BCUT2D eigenvalue weighted by Crippen LogP contribution is 2.37. The predicted molar refractivity (Wildman–Crippen MR) is 121 cm³/mol. The summed E-state index contributed by atoms with van der Waals surface area (Å²) in [6.07, 6.45) is 3.31. The highest BCUT2D eigenvalue weighted by Gasteiger charge is 2.24. The molecule has 0 aromatic heterocycles. The second kappa shape index (κ2) is 8.55.